The highest BCUT2D eigenvalue weighted by Gasteiger charge is 2.15. The summed E-state index contributed by atoms with van der Waals surface area (Å²) in [5.41, 5.74) is 1.91. The Morgan fingerprint density at radius 1 is 1.15 bits per heavy atom. The molecule has 0 saturated heterocycles. The van der Waals surface area contributed by atoms with Crippen molar-refractivity contribution in [1.82, 2.24) is 0 Å². The number of ketones is 1. The second kappa shape index (κ2) is 9.06. The Bertz CT molecular complexity index is 815. The standard InChI is InChI=1S/C20H20ClNO4/c1-13(2)20(24)26-11-10-22-18-9-6-15(21)12-17(18)19(23)14-4-7-16(25-3)8-5-14/h4-9,12,22H,1,10-11H2,2-3H3. The molecule has 0 aliphatic rings. The number of hydrogen-bond acceptors (Lipinski definition) is 5. The van der Waals surface area contributed by atoms with Crippen molar-refractivity contribution < 1.29 is 19.1 Å². The summed E-state index contributed by atoms with van der Waals surface area (Å²) in [6, 6.07) is 11.9. The average molecular weight is 374 g/mol. The lowest BCUT2D eigenvalue weighted by molar-refractivity contribution is -0.138. The maximum Gasteiger partial charge on any atom is 0.333 e. The van der Waals surface area contributed by atoms with Gasteiger partial charge in [0.15, 0.2) is 5.78 Å². The van der Waals surface area contributed by atoms with E-state index in [9.17, 15) is 9.59 Å². The molecule has 0 aliphatic heterocycles. The van der Waals surface area contributed by atoms with Gasteiger partial charge in [-0.3, -0.25) is 4.79 Å². The van der Waals surface area contributed by atoms with E-state index in [1.54, 1.807) is 56.5 Å². The molecule has 0 saturated carbocycles. The first-order valence-electron chi connectivity index (χ1n) is 7.97. The van der Waals surface area contributed by atoms with E-state index in [0.29, 0.717) is 39.7 Å². The predicted molar refractivity (Wildman–Crippen MR) is 102 cm³/mol. The number of esters is 1. The van der Waals surface area contributed by atoms with Crippen molar-refractivity contribution in [2.24, 2.45) is 0 Å². The summed E-state index contributed by atoms with van der Waals surface area (Å²) in [4.78, 5) is 24.2. The predicted octanol–water partition coefficient (Wildman–Crippen LogP) is 4.11. The van der Waals surface area contributed by atoms with Crippen LogP contribution in [-0.4, -0.2) is 32.0 Å². The molecule has 1 N–H and O–H groups in total. The van der Waals surface area contributed by atoms with E-state index in [0.717, 1.165) is 0 Å². The second-order valence-electron chi connectivity index (χ2n) is 5.59. The number of anilines is 1. The van der Waals surface area contributed by atoms with Crippen molar-refractivity contribution in [3.63, 3.8) is 0 Å². The van der Waals surface area contributed by atoms with Crippen LogP contribution in [0.4, 0.5) is 5.69 Å². The molecule has 136 valence electrons. The van der Waals surface area contributed by atoms with E-state index < -0.39 is 5.97 Å². The minimum atomic E-state index is -0.447. The van der Waals surface area contributed by atoms with Crippen molar-refractivity contribution in [3.8, 4) is 5.75 Å². The summed E-state index contributed by atoms with van der Waals surface area (Å²) < 4.78 is 10.1. The molecule has 0 unspecified atom stereocenters. The molecule has 26 heavy (non-hydrogen) atoms. The molecule has 2 aromatic carbocycles. The van der Waals surface area contributed by atoms with Crippen LogP contribution in [-0.2, 0) is 9.53 Å². The van der Waals surface area contributed by atoms with Crippen molar-refractivity contribution in [2.75, 3.05) is 25.6 Å². The monoisotopic (exact) mass is 373 g/mol. The van der Waals surface area contributed by atoms with E-state index in [4.69, 9.17) is 21.1 Å². The minimum Gasteiger partial charge on any atom is -0.497 e. The molecule has 0 atom stereocenters. The van der Waals surface area contributed by atoms with Gasteiger partial charge >= 0.3 is 5.97 Å². The van der Waals surface area contributed by atoms with Gasteiger partial charge < -0.3 is 14.8 Å². The number of carbonyl (C=O) groups excluding carboxylic acids is 2. The van der Waals surface area contributed by atoms with Crippen molar-refractivity contribution in [1.29, 1.82) is 0 Å². The van der Waals surface area contributed by atoms with Gasteiger partial charge in [0.1, 0.15) is 12.4 Å². The molecule has 2 aromatic rings. The Morgan fingerprint density at radius 2 is 1.85 bits per heavy atom. The molecule has 0 bridgehead atoms. The van der Waals surface area contributed by atoms with Crippen LogP contribution in [0.3, 0.4) is 0 Å². The summed E-state index contributed by atoms with van der Waals surface area (Å²) >= 11 is 6.05. The van der Waals surface area contributed by atoms with E-state index in [1.807, 2.05) is 0 Å². The van der Waals surface area contributed by atoms with Crippen LogP contribution in [0.1, 0.15) is 22.8 Å². The largest absolute Gasteiger partial charge is 0.497 e. The first kappa shape index (κ1) is 19.5. The van der Waals surface area contributed by atoms with Gasteiger partial charge in [-0.25, -0.2) is 4.79 Å². The van der Waals surface area contributed by atoms with Crippen molar-refractivity contribution in [2.45, 2.75) is 6.92 Å². The fraction of sp³-hybridized carbons (Fsp3) is 0.200. The molecule has 6 heteroatoms. The second-order valence-corrected chi connectivity index (χ2v) is 6.03. The Morgan fingerprint density at radius 3 is 2.46 bits per heavy atom. The third kappa shape index (κ3) is 5.10. The molecular weight excluding hydrogens is 354 g/mol. The van der Waals surface area contributed by atoms with Crippen LogP contribution < -0.4 is 10.1 Å². The first-order valence-corrected chi connectivity index (χ1v) is 8.35. The SMILES string of the molecule is C=C(C)C(=O)OCCNc1ccc(Cl)cc1C(=O)c1ccc(OC)cc1. The zero-order valence-corrected chi connectivity index (χ0v) is 15.4. The maximum absolute atomic E-state index is 12.8. The number of benzene rings is 2. The van der Waals surface area contributed by atoms with Crippen LogP contribution in [0.25, 0.3) is 0 Å². The molecule has 5 nitrogen and oxygen atoms in total. The normalized spacial score (nSPS) is 10.1. The van der Waals surface area contributed by atoms with Crippen molar-refractivity contribution in [3.05, 3.63) is 70.8 Å². The van der Waals surface area contributed by atoms with Gasteiger partial charge in [-0.15, -0.1) is 0 Å². The van der Waals surface area contributed by atoms with Crippen molar-refractivity contribution >= 4 is 29.0 Å². The Balaban J connectivity index is 2.12. The average Bonchev–Trinajstić information content (AvgIpc) is 2.65. The number of ether oxygens (including phenoxy) is 2. The van der Waals surface area contributed by atoms with Gasteiger partial charge in [0.25, 0.3) is 0 Å². The number of rotatable bonds is 8. The number of halogens is 1. The summed E-state index contributed by atoms with van der Waals surface area (Å²) in [6.07, 6.45) is 0. The van der Waals surface area contributed by atoms with Gasteiger partial charge in [0.05, 0.1) is 7.11 Å². The zero-order chi connectivity index (χ0) is 19.1. The smallest absolute Gasteiger partial charge is 0.333 e. The van der Waals surface area contributed by atoms with E-state index in [2.05, 4.69) is 11.9 Å². The quantitative estimate of drug-likeness (QED) is 0.326. The van der Waals surface area contributed by atoms with Crippen LogP contribution in [0, 0.1) is 0 Å². The van der Waals surface area contributed by atoms with Gasteiger partial charge in [-0.05, 0) is 49.4 Å². The molecule has 0 fully saturated rings. The Labute approximate surface area is 157 Å². The molecule has 0 radical (unpaired) electrons. The van der Waals surface area contributed by atoms with E-state index in [-0.39, 0.29) is 12.4 Å². The molecule has 0 aliphatic carbocycles. The Hall–Kier alpha value is -2.79. The third-order valence-electron chi connectivity index (χ3n) is 3.58. The van der Waals surface area contributed by atoms with Gasteiger partial charge in [-0.2, -0.15) is 0 Å². The number of hydrogen-bond donors (Lipinski definition) is 1. The lowest BCUT2D eigenvalue weighted by Crippen LogP contribution is -2.16. The molecule has 0 heterocycles. The lowest BCUT2D eigenvalue weighted by Gasteiger charge is -2.12. The van der Waals surface area contributed by atoms with Gasteiger partial charge in [-0.1, -0.05) is 18.2 Å². The maximum atomic E-state index is 12.8. The first-order chi connectivity index (χ1) is 12.4. The summed E-state index contributed by atoms with van der Waals surface area (Å²) in [5, 5.41) is 3.56. The molecule has 2 rings (SSSR count). The van der Waals surface area contributed by atoms with Crippen LogP contribution in [0.15, 0.2) is 54.6 Å². The molecule has 0 aromatic heterocycles. The third-order valence-corrected chi connectivity index (χ3v) is 3.81. The van der Waals surface area contributed by atoms with E-state index in [1.165, 1.54) is 0 Å². The molecule has 0 amide bonds. The lowest BCUT2D eigenvalue weighted by atomic mass is 10.0. The summed E-state index contributed by atoms with van der Waals surface area (Å²) in [5.74, 6) is 0.0549. The highest BCUT2D eigenvalue weighted by molar-refractivity contribution is 6.31. The molecule has 0 spiro atoms. The highest BCUT2D eigenvalue weighted by atomic mass is 35.5. The Kier molecular flexibility index (Phi) is 6.81. The molecular formula is C20H20ClNO4. The number of methoxy groups -OCH3 is 1. The highest BCUT2D eigenvalue weighted by Crippen LogP contribution is 2.24. The summed E-state index contributed by atoms with van der Waals surface area (Å²) in [7, 11) is 1.57. The van der Waals surface area contributed by atoms with E-state index >= 15 is 0 Å². The number of nitrogens with one attached hydrogen (secondary N) is 1. The zero-order valence-electron chi connectivity index (χ0n) is 14.7. The van der Waals surface area contributed by atoms with Crippen LogP contribution >= 0.6 is 11.6 Å². The van der Waals surface area contributed by atoms with Gasteiger partial charge in [0, 0.05) is 34.0 Å². The fourth-order valence-corrected chi connectivity index (χ4v) is 2.38. The topological polar surface area (TPSA) is 64.6 Å². The minimum absolute atomic E-state index is 0.157. The van der Waals surface area contributed by atoms with Crippen LogP contribution in [0.5, 0.6) is 5.75 Å². The summed E-state index contributed by atoms with van der Waals surface area (Å²) in [6.45, 7) is 5.61. The van der Waals surface area contributed by atoms with Gasteiger partial charge in [0.2, 0.25) is 0 Å². The number of carbonyl (C=O) groups is 2. The fourth-order valence-electron chi connectivity index (χ4n) is 2.21. The van der Waals surface area contributed by atoms with Crippen LogP contribution in [0.2, 0.25) is 5.02 Å².